The van der Waals surface area contributed by atoms with Gasteiger partial charge in [0.25, 0.3) is 0 Å². The van der Waals surface area contributed by atoms with Crippen molar-refractivity contribution in [3.63, 3.8) is 0 Å². The monoisotopic (exact) mass is 248 g/mol. The van der Waals surface area contributed by atoms with Gasteiger partial charge in [-0.2, -0.15) is 0 Å². The third-order valence-electron chi connectivity index (χ3n) is 3.55. The zero-order chi connectivity index (χ0) is 13.1. The summed E-state index contributed by atoms with van der Waals surface area (Å²) in [5.41, 5.74) is 1.20. The molecule has 1 aliphatic carbocycles. The second-order valence-electron chi connectivity index (χ2n) is 5.06. The predicted octanol–water partition coefficient (Wildman–Crippen LogP) is 2.87. The maximum atomic E-state index is 11.6. The van der Waals surface area contributed by atoms with Gasteiger partial charge >= 0.3 is 5.97 Å². The summed E-state index contributed by atoms with van der Waals surface area (Å²) in [5.74, 6) is 1.75. The van der Waals surface area contributed by atoms with E-state index in [1.807, 2.05) is 6.92 Å². The first-order chi connectivity index (χ1) is 8.61. The number of hydrogen-bond acceptors (Lipinski definition) is 4. The van der Waals surface area contributed by atoms with Crippen molar-refractivity contribution < 1.29 is 9.53 Å². The van der Waals surface area contributed by atoms with Crippen LogP contribution in [0.1, 0.15) is 60.9 Å². The molecule has 0 spiro atoms. The van der Waals surface area contributed by atoms with Crippen LogP contribution in [0.5, 0.6) is 0 Å². The second-order valence-corrected chi connectivity index (χ2v) is 5.06. The van der Waals surface area contributed by atoms with E-state index < -0.39 is 0 Å². The van der Waals surface area contributed by atoms with Gasteiger partial charge in [0.05, 0.1) is 17.9 Å². The molecule has 0 amide bonds. The zero-order valence-corrected chi connectivity index (χ0v) is 11.3. The van der Waals surface area contributed by atoms with Crippen LogP contribution < -0.4 is 0 Å². The summed E-state index contributed by atoms with van der Waals surface area (Å²) in [5, 5.41) is 0. The molecule has 4 heteroatoms. The molecule has 98 valence electrons. The van der Waals surface area contributed by atoms with E-state index in [4.69, 9.17) is 4.74 Å². The van der Waals surface area contributed by atoms with Gasteiger partial charge in [0, 0.05) is 12.1 Å². The highest BCUT2D eigenvalue weighted by Crippen LogP contribution is 2.36. The number of rotatable bonds is 3. The van der Waals surface area contributed by atoms with E-state index in [2.05, 4.69) is 16.9 Å². The molecule has 1 heterocycles. The van der Waals surface area contributed by atoms with E-state index in [9.17, 15) is 4.79 Å². The lowest BCUT2D eigenvalue weighted by atomic mass is 10.1. The first kappa shape index (κ1) is 13.0. The Hall–Kier alpha value is -1.45. The number of carbonyl (C=O) groups excluding carboxylic acids is 1. The van der Waals surface area contributed by atoms with Gasteiger partial charge in [0.15, 0.2) is 0 Å². The van der Waals surface area contributed by atoms with Crippen molar-refractivity contribution in [3.8, 4) is 0 Å². The van der Waals surface area contributed by atoms with Crippen LogP contribution in [-0.2, 0) is 4.74 Å². The highest BCUT2D eigenvalue weighted by molar-refractivity contribution is 5.90. The summed E-state index contributed by atoms with van der Waals surface area (Å²) in [6.45, 7) is 6.28. The van der Waals surface area contributed by atoms with Gasteiger partial charge in [0.2, 0.25) is 0 Å². The maximum absolute atomic E-state index is 11.6. The van der Waals surface area contributed by atoms with Crippen molar-refractivity contribution >= 4 is 5.97 Å². The smallest absolute Gasteiger partial charge is 0.341 e. The highest BCUT2D eigenvalue weighted by atomic mass is 16.5. The van der Waals surface area contributed by atoms with E-state index in [1.165, 1.54) is 6.42 Å². The van der Waals surface area contributed by atoms with Crippen LogP contribution in [-0.4, -0.2) is 22.5 Å². The fourth-order valence-corrected chi connectivity index (χ4v) is 2.53. The first-order valence-corrected chi connectivity index (χ1v) is 6.62. The summed E-state index contributed by atoms with van der Waals surface area (Å²) in [4.78, 5) is 20.5. The van der Waals surface area contributed by atoms with Crippen molar-refractivity contribution in [2.75, 3.05) is 6.61 Å². The number of aryl methyl sites for hydroxylation is 1. The summed E-state index contributed by atoms with van der Waals surface area (Å²) in [6.07, 6.45) is 5.16. The number of aromatic nitrogens is 2. The number of carbonyl (C=O) groups is 1. The molecular formula is C14H20N2O2. The van der Waals surface area contributed by atoms with Crippen LogP contribution in [0.4, 0.5) is 0 Å². The van der Waals surface area contributed by atoms with Crippen molar-refractivity contribution in [3.05, 3.63) is 23.3 Å². The summed E-state index contributed by atoms with van der Waals surface area (Å²) >= 11 is 0. The molecule has 0 saturated heterocycles. The lowest BCUT2D eigenvalue weighted by Crippen LogP contribution is -2.11. The molecule has 2 rings (SSSR count). The molecule has 2 atom stereocenters. The van der Waals surface area contributed by atoms with Crippen LogP contribution >= 0.6 is 0 Å². The molecule has 18 heavy (non-hydrogen) atoms. The van der Waals surface area contributed by atoms with Gasteiger partial charge in [-0.15, -0.1) is 0 Å². The highest BCUT2D eigenvalue weighted by Gasteiger charge is 2.25. The average Bonchev–Trinajstić information content (AvgIpc) is 2.76. The quantitative estimate of drug-likeness (QED) is 0.772. The van der Waals surface area contributed by atoms with Crippen LogP contribution in [0.15, 0.2) is 6.20 Å². The fourth-order valence-electron chi connectivity index (χ4n) is 2.53. The lowest BCUT2D eigenvalue weighted by Gasteiger charge is -2.10. The number of nitrogens with zero attached hydrogens (tertiary/aromatic N) is 2. The van der Waals surface area contributed by atoms with Crippen LogP contribution in [0.25, 0.3) is 0 Å². The van der Waals surface area contributed by atoms with E-state index >= 15 is 0 Å². The van der Waals surface area contributed by atoms with Gasteiger partial charge in [-0.1, -0.05) is 6.92 Å². The fraction of sp³-hybridized carbons (Fsp3) is 0.643. The molecule has 1 aromatic rings. The van der Waals surface area contributed by atoms with E-state index in [-0.39, 0.29) is 5.97 Å². The topological polar surface area (TPSA) is 52.1 Å². The minimum absolute atomic E-state index is 0.332. The van der Waals surface area contributed by atoms with Crippen LogP contribution in [0, 0.1) is 12.8 Å². The SMILES string of the molecule is CCOC(=O)c1cnc(C2CCC(C)C2)nc1C. The van der Waals surface area contributed by atoms with E-state index in [0.29, 0.717) is 18.1 Å². The van der Waals surface area contributed by atoms with E-state index in [1.54, 1.807) is 13.1 Å². The summed E-state index contributed by atoms with van der Waals surface area (Å²) in [7, 11) is 0. The molecule has 0 aromatic carbocycles. The Morgan fingerprint density at radius 1 is 1.50 bits per heavy atom. The van der Waals surface area contributed by atoms with Crippen LogP contribution in [0.3, 0.4) is 0 Å². The Labute approximate surface area is 108 Å². The number of esters is 1. The molecule has 2 unspecified atom stereocenters. The molecule has 0 radical (unpaired) electrons. The molecular weight excluding hydrogens is 228 g/mol. The third kappa shape index (κ3) is 2.68. The standard InChI is InChI=1S/C14H20N2O2/c1-4-18-14(17)12-8-15-13(16-10(12)3)11-6-5-9(2)7-11/h8-9,11H,4-7H2,1-3H3. The average molecular weight is 248 g/mol. The zero-order valence-electron chi connectivity index (χ0n) is 11.3. The van der Waals surface area contributed by atoms with Crippen molar-refractivity contribution in [2.24, 2.45) is 5.92 Å². The minimum Gasteiger partial charge on any atom is -0.462 e. The van der Waals surface area contributed by atoms with Gasteiger partial charge in [-0.25, -0.2) is 14.8 Å². The molecule has 1 aromatic heterocycles. The van der Waals surface area contributed by atoms with Crippen molar-refractivity contribution in [1.82, 2.24) is 9.97 Å². The van der Waals surface area contributed by atoms with Crippen molar-refractivity contribution in [1.29, 1.82) is 0 Å². The Bertz CT molecular complexity index is 445. The second kappa shape index (κ2) is 5.46. The normalized spacial score (nSPS) is 23.1. The van der Waals surface area contributed by atoms with Gasteiger partial charge in [-0.05, 0) is 39.0 Å². The van der Waals surface area contributed by atoms with Gasteiger partial charge in [0.1, 0.15) is 5.82 Å². The number of ether oxygens (including phenoxy) is 1. The molecule has 1 fully saturated rings. The third-order valence-corrected chi connectivity index (χ3v) is 3.55. The first-order valence-electron chi connectivity index (χ1n) is 6.62. The lowest BCUT2D eigenvalue weighted by molar-refractivity contribution is 0.0524. The Balaban J connectivity index is 2.17. The minimum atomic E-state index is -0.332. The van der Waals surface area contributed by atoms with Gasteiger partial charge in [-0.3, -0.25) is 0 Å². The molecule has 0 bridgehead atoms. The Kier molecular flexibility index (Phi) is 3.94. The number of hydrogen-bond donors (Lipinski definition) is 0. The maximum Gasteiger partial charge on any atom is 0.341 e. The molecule has 0 aliphatic heterocycles. The molecule has 1 aliphatic rings. The van der Waals surface area contributed by atoms with Gasteiger partial charge < -0.3 is 4.74 Å². The molecule has 4 nitrogen and oxygen atoms in total. The van der Waals surface area contributed by atoms with Crippen molar-refractivity contribution in [2.45, 2.75) is 46.0 Å². The van der Waals surface area contributed by atoms with E-state index in [0.717, 1.165) is 30.3 Å². The summed E-state index contributed by atoms with van der Waals surface area (Å²) in [6, 6.07) is 0. The predicted molar refractivity (Wildman–Crippen MR) is 68.5 cm³/mol. The Morgan fingerprint density at radius 2 is 2.28 bits per heavy atom. The van der Waals surface area contributed by atoms with Crippen LogP contribution in [0.2, 0.25) is 0 Å². The molecule has 1 saturated carbocycles. The molecule has 0 N–H and O–H groups in total. The Morgan fingerprint density at radius 3 is 2.83 bits per heavy atom. The largest absolute Gasteiger partial charge is 0.462 e. The summed E-state index contributed by atoms with van der Waals surface area (Å²) < 4.78 is 4.97.